The van der Waals surface area contributed by atoms with E-state index < -0.39 is 10.1 Å². The Morgan fingerprint density at radius 1 is 1.08 bits per heavy atom. The second kappa shape index (κ2) is 5.90. The summed E-state index contributed by atoms with van der Waals surface area (Å²) in [5, 5.41) is 0. The van der Waals surface area contributed by atoms with Gasteiger partial charge in [0.05, 0.1) is 4.90 Å². The monoisotopic (exact) mass is 215 g/mol. The van der Waals surface area contributed by atoms with Gasteiger partial charge in [-0.05, 0) is 12.1 Å². The minimum absolute atomic E-state index is 0. The fraction of sp³-hybridized carbons (Fsp3) is 0. The van der Waals surface area contributed by atoms with E-state index in [1.54, 1.807) is 6.07 Å². The van der Waals surface area contributed by atoms with Crippen LogP contribution in [0.25, 0.3) is 0 Å². The van der Waals surface area contributed by atoms with Gasteiger partial charge in [0.15, 0.2) is 0 Å². The van der Waals surface area contributed by atoms with E-state index >= 15 is 0 Å². The smallest absolute Gasteiger partial charge is 0.744 e. The van der Waals surface area contributed by atoms with E-state index in [4.69, 9.17) is 0 Å². The molecular weight excluding hydrogens is 208 g/mol. The first-order chi connectivity index (χ1) is 4.61. The molecule has 0 aromatic heterocycles. The van der Waals surface area contributed by atoms with Gasteiger partial charge in [0.1, 0.15) is 10.1 Å². The van der Waals surface area contributed by atoms with Gasteiger partial charge in [0.2, 0.25) is 0 Å². The van der Waals surface area contributed by atoms with E-state index in [1.807, 2.05) is 0 Å². The quantitative estimate of drug-likeness (QED) is 0.462. The molecule has 12 heavy (non-hydrogen) atoms. The Labute approximate surface area is 101 Å². The Bertz CT molecular complexity index is 308. The van der Waals surface area contributed by atoms with E-state index in [0.29, 0.717) is 0 Å². The zero-order chi connectivity index (χ0) is 7.61. The maximum atomic E-state index is 10.3. The molecule has 0 saturated heterocycles. The summed E-state index contributed by atoms with van der Waals surface area (Å²) in [5.41, 5.74) is 0. The van der Waals surface area contributed by atoms with Crippen molar-refractivity contribution in [2.24, 2.45) is 0 Å². The van der Waals surface area contributed by atoms with Crippen LogP contribution >= 0.6 is 0 Å². The average Bonchev–Trinajstić information content (AvgIpc) is 1.88. The van der Waals surface area contributed by atoms with Gasteiger partial charge in [0, 0.05) is 0 Å². The summed E-state index contributed by atoms with van der Waals surface area (Å²) < 4.78 is 30.8. The predicted octanol–water partition coefficient (Wildman–Crippen LogP) is -0.615. The Morgan fingerprint density at radius 2 is 1.50 bits per heavy atom. The fourth-order valence-electron chi connectivity index (χ4n) is 0.587. The molecule has 0 radical (unpaired) electrons. The van der Waals surface area contributed by atoms with Crippen LogP contribution in [-0.2, 0) is 10.1 Å². The van der Waals surface area contributed by atoms with Gasteiger partial charge in [-0.2, -0.15) is 0 Å². The molecule has 0 atom stereocenters. The van der Waals surface area contributed by atoms with Crippen molar-refractivity contribution < 1.29 is 18.4 Å². The average molecular weight is 215 g/mol. The van der Waals surface area contributed by atoms with Crippen molar-refractivity contribution in [1.29, 1.82) is 0 Å². The molecule has 0 aliphatic rings. The van der Waals surface area contributed by atoms with E-state index in [9.17, 15) is 13.0 Å². The van der Waals surface area contributed by atoms with Crippen molar-refractivity contribution in [1.82, 2.24) is 0 Å². The van der Waals surface area contributed by atoms with Crippen molar-refractivity contribution in [2.45, 2.75) is 4.90 Å². The molecule has 1 aromatic carbocycles. The molecule has 0 heterocycles. The van der Waals surface area contributed by atoms with Gasteiger partial charge in [-0.15, -0.1) is 0 Å². The van der Waals surface area contributed by atoms with Gasteiger partial charge < -0.3 is 10.0 Å². The molecule has 0 saturated carbocycles. The van der Waals surface area contributed by atoms with Gasteiger partial charge >= 0.3 is 37.7 Å². The molecule has 6 heteroatoms. The minimum atomic E-state index is -4.25. The molecule has 0 bridgehead atoms. The van der Waals surface area contributed by atoms with Gasteiger partial charge in [0.25, 0.3) is 0 Å². The van der Waals surface area contributed by atoms with Gasteiger partial charge in [-0.1, -0.05) is 18.2 Å². The van der Waals surface area contributed by atoms with Crippen molar-refractivity contribution in [2.75, 3.05) is 0 Å². The molecule has 0 fully saturated rings. The number of rotatable bonds is 1. The normalized spacial score (nSPS) is 9.42. The second-order valence-corrected chi connectivity index (χ2v) is 3.15. The zero-order valence-corrected chi connectivity index (χ0v) is 9.25. The molecule has 0 amide bonds. The van der Waals surface area contributed by atoms with Crippen LogP contribution in [0.2, 0.25) is 0 Å². The predicted molar refractivity (Wildman–Crippen MR) is 43.8 cm³/mol. The topological polar surface area (TPSA) is 88.7 Å². The maximum Gasteiger partial charge on any atom is 2.00 e. The largest absolute Gasteiger partial charge is 2.00 e. The molecule has 1 rings (SSSR count). The van der Waals surface area contributed by atoms with Gasteiger partial charge in [-0.3, -0.25) is 0 Å². The van der Waals surface area contributed by atoms with E-state index in [0.717, 1.165) is 0 Å². The third-order valence-electron chi connectivity index (χ3n) is 1.03. The Morgan fingerprint density at radius 3 is 1.75 bits per heavy atom. The summed E-state index contributed by atoms with van der Waals surface area (Å²) in [6.07, 6.45) is 0. The van der Waals surface area contributed by atoms with Crippen LogP contribution in [0.1, 0.15) is 0 Å². The first kappa shape index (κ1) is 14.9. The molecule has 2 N–H and O–H groups in total. The summed E-state index contributed by atoms with van der Waals surface area (Å²) in [6.45, 7) is 0. The standard InChI is InChI=1S/C6H6O3S.Ca.H2O/c7-10(8,9)6-4-2-1-3-5-6;;/h1-5H,(H,7,8,9);;1H2/q;+2;/p-1. The Balaban J connectivity index is 0. The molecule has 4 nitrogen and oxygen atoms in total. The summed E-state index contributed by atoms with van der Waals surface area (Å²) in [7, 11) is -4.25. The summed E-state index contributed by atoms with van der Waals surface area (Å²) in [5.74, 6) is 0. The molecule has 0 aliphatic carbocycles. The van der Waals surface area contributed by atoms with Crippen LogP contribution in [0, 0.1) is 0 Å². The first-order valence-corrected chi connectivity index (χ1v) is 4.02. The first-order valence-electron chi connectivity index (χ1n) is 2.61. The Kier molecular flexibility index (Phi) is 7.31. The van der Waals surface area contributed by atoms with Crippen molar-refractivity contribution in [3.63, 3.8) is 0 Å². The van der Waals surface area contributed by atoms with E-state index in [1.165, 1.54) is 24.3 Å². The van der Waals surface area contributed by atoms with E-state index in [2.05, 4.69) is 0 Å². The van der Waals surface area contributed by atoms with Crippen LogP contribution in [-0.4, -0.2) is 56.2 Å². The summed E-state index contributed by atoms with van der Waals surface area (Å²) in [6, 6.07) is 7.19. The summed E-state index contributed by atoms with van der Waals surface area (Å²) >= 11 is 0. The fourth-order valence-corrected chi connectivity index (χ4v) is 1.08. The Hall–Kier alpha value is 0.350. The third kappa shape index (κ3) is 4.39. The van der Waals surface area contributed by atoms with Crippen molar-refractivity contribution in [3.05, 3.63) is 30.3 Å². The van der Waals surface area contributed by atoms with E-state index in [-0.39, 0.29) is 48.1 Å². The van der Waals surface area contributed by atoms with Gasteiger partial charge in [-0.25, -0.2) is 8.42 Å². The molecule has 62 valence electrons. The zero-order valence-electron chi connectivity index (χ0n) is 6.23. The van der Waals surface area contributed by atoms with Crippen molar-refractivity contribution >= 4 is 47.9 Å². The number of hydrogen-bond donors (Lipinski definition) is 0. The molecular formula is C6H7CaO4S+. The SMILES string of the molecule is O.O=S(=O)([O-])c1ccccc1.[Ca+2]. The summed E-state index contributed by atoms with van der Waals surface area (Å²) in [4.78, 5) is -0.185. The number of hydrogen-bond acceptors (Lipinski definition) is 3. The van der Waals surface area contributed by atoms with Crippen LogP contribution in [0.4, 0.5) is 0 Å². The maximum absolute atomic E-state index is 10.3. The van der Waals surface area contributed by atoms with Crippen molar-refractivity contribution in [3.8, 4) is 0 Å². The van der Waals surface area contributed by atoms with Crippen LogP contribution in [0.15, 0.2) is 35.2 Å². The van der Waals surface area contributed by atoms with Crippen LogP contribution in [0.3, 0.4) is 0 Å². The second-order valence-electron chi connectivity index (χ2n) is 1.77. The van der Waals surface area contributed by atoms with Crippen LogP contribution in [0.5, 0.6) is 0 Å². The molecule has 0 spiro atoms. The third-order valence-corrected chi connectivity index (χ3v) is 1.88. The molecule has 0 unspecified atom stereocenters. The molecule has 1 aromatic rings. The number of benzene rings is 1. The van der Waals surface area contributed by atoms with Crippen LogP contribution < -0.4 is 0 Å². The minimum Gasteiger partial charge on any atom is -0.744 e. The molecule has 0 aliphatic heterocycles.